The number of hydrogen-bond donors (Lipinski definition) is 5. The summed E-state index contributed by atoms with van der Waals surface area (Å²) in [5, 5.41) is 50.3. The zero-order valence-electron chi connectivity index (χ0n) is 25.6. The van der Waals surface area contributed by atoms with Crippen molar-refractivity contribution < 1.29 is 49.5 Å². The van der Waals surface area contributed by atoms with Gasteiger partial charge in [-0.25, -0.2) is 0 Å². The molecule has 1 aliphatic heterocycles. The van der Waals surface area contributed by atoms with Crippen LogP contribution < -0.4 is 0 Å². The Bertz CT molecular complexity index is 1230. The van der Waals surface area contributed by atoms with E-state index in [-0.39, 0.29) is 91.6 Å². The highest BCUT2D eigenvalue weighted by Crippen LogP contribution is 2.17. The fourth-order valence-corrected chi connectivity index (χ4v) is 5.41. The van der Waals surface area contributed by atoms with Crippen molar-refractivity contribution in [2.75, 3.05) is 91.6 Å². The minimum Gasteiger partial charge on any atom is -0.480 e. The minimum atomic E-state index is -1.11. The average molecular weight is 667 g/mol. The summed E-state index contributed by atoms with van der Waals surface area (Å²) in [5.74, 6) is -5.53. The molecule has 1 aromatic rings. The number of nitrogens with zero attached hydrogens (tertiary/aromatic N) is 6. The van der Waals surface area contributed by atoms with Crippen molar-refractivity contribution in [2.45, 2.75) is 18.9 Å². The van der Waals surface area contributed by atoms with Gasteiger partial charge in [0.1, 0.15) is 0 Å². The van der Waals surface area contributed by atoms with E-state index >= 15 is 0 Å². The van der Waals surface area contributed by atoms with Crippen LogP contribution in [0.5, 0.6) is 0 Å². The van der Waals surface area contributed by atoms with E-state index in [9.17, 15) is 49.5 Å². The number of isothiocyanates is 1. The smallest absolute Gasteiger partial charge is 0.317 e. The van der Waals surface area contributed by atoms with Crippen LogP contribution in [0.3, 0.4) is 0 Å². The van der Waals surface area contributed by atoms with Crippen molar-refractivity contribution in [3.05, 3.63) is 29.8 Å². The molecule has 0 amide bonds. The molecule has 5 N–H and O–H groups in total. The largest absolute Gasteiger partial charge is 0.480 e. The molecule has 0 aromatic heterocycles. The summed E-state index contributed by atoms with van der Waals surface area (Å²) in [6, 6.07) is 6.78. The monoisotopic (exact) mass is 666 g/mol. The maximum atomic E-state index is 12.0. The molecule has 1 unspecified atom stereocenters. The second-order valence-electron chi connectivity index (χ2n) is 11.1. The maximum Gasteiger partial charge on any atom is 0.317 e. The second-order valence-corrected chi connectivity index (χ2v) is 11.2. The number of aryl methyl sites for hydroxylation is 1. The molecule has 1 fully saturated rings. The molecule has 0 spiro atoms. The summed E-state index contributed by atoms with van der Waals surface area (Å²) >= 11 is 4.65. The van der Waals surface area contributed by atoms with Crippen molar-refractivity contribution >= 4 is 52.9 Å². The van der Waals surface area contributed by atoms with Crippen LogP contribution in [-0.2, 0) is 30.4 Å². The highest BCUT2D eigenvalue weighted by Gasteiger charge is 2.27. The molecule has 1 atom stereocenters. The fourth-order valence-electron chi connectivity index (χ4n) is 5.30. The lowest BCUT2D eigenvalue weighted by Gasteiger charge is -2.36. The number of rotatable bonds is 14. The quantitative estimate of drug-likeness (QED) is 0.127. The van der Waals surface area contributed by atoms with E-state index in [0.29, 0.717) is 18.5 Å². The van der Waals surface area contributed by atoms with E-state index in [4.69, 9.17) is 0 Å². The van der Waals surface area contributed by atoms with Gasteiger partial charge >= 0.3 is 29.8 Å². The van der Waals surface area contributed by atoms with Crippen molar-refractivity contribution in [1.82, 2.24) is 24.5 Å². The zero-order valence-corrected chi connectivity index (χ0v) is 26.4. The van der Waals surface area contributed by atoms with Gasteiger partial charge in [0.15, 0.2) is 0 Å². The van der Waals surface area contributed by atoms with Gasteiger partial charge in [-0.05, 0) is 42.8 Å². The molecule has 1 aromatic carbocycles. The SMILES string of the molecule is O=C(O)CN1CCN(CC(=O)O)CCN(CC(=O)O)CC(CCc2ccc(N=C=S)cc2)N(CC(=O)O)CCN(CC(=O)O)CC1. The molecule has 46 heavy (non-hydrogen) atoms. The predicted octanol–water partition coefficient (Wildman–Crippen LogP) is -0.331. The summed E-state index contributed by atoms with van der Waals surface area (Å²) in [5.41, 5.74) is 1.55. The first-order valence-corrected chi connectivity index (χ1v) is 15.1. The van der Waals surface area contributed by atoms with Crippen LogP contribution in [0.25, 0.3) is 0 Å². The van der Waals surface area contributed by atoms with Crippen LogP contribution in [0, 0.1) is 0 Å². The Kier molecular flexibility index (Phi) is 16.9. The molecule has 0 bridgehead atoms. The molecule has 0 radical (unpaired) electrons. The molecule has 0 aliphatic carbocycles. The third kappa shape index (κ3) is 15.9. The summed E-state index contributed by atoms with van der Waals surface area (Å²) in [4.78, 5) is 70.8. The lowest BCUT2D eigenvalue weighted by molar-refractivity contribution is -0.141. The van der Waals surface area contributed by atoms with Crippen LogP contribution in [0.15, 0.2) is 29.3 Å². The van der Waals surface area contributed by atoms with Crippen LogP contribution in [-0.4, -0.2) is 183 Å². The molecule has 2 rings (SSSR count). The highest BCUT2D eigenvalue weighted by atomic mass is 32.1. The Morgan fingerprint density at radius 3 is 1.43 bits per heavy atom. The van der Waals surface area contributed by atoms with Crippen LogP contribution in [0.1, 0.15) is 12.0 Å². The van der Waals surface area contributed by atoms with Crippen molar-refractivity contribution in [3.8, 4) is 0 Å². The summed E-state index contributed by atoms with van der Waals surface area (Å²) in [7, 11) is 0. The van der Waals surface area contributed by atoms with Crippen LogP contribution in [0.2, 0.25) is 0 Å². The van der Waals surface area contributed by atoms with E-state index in [1.54, 1.807) is 36.6 Å². The van der Waals surface area contributed by atoms with E-state index in [2.05, 4.69) is 22.4 Å². The molecule has 17 heteroatoms. The van der Waals surface area contributed by atoms with Gasteiger partial charge < -0.3 is 25.5 Å². The molecular weight excluding hydrogens is 624 g/mol. The van der Waals surface area contributed by atoms with Crippen LogP contribution >= 0.6 is 12.2 Å². The predicted molar refractivity (Wildman–Crippen MR) is 169 cm³/mol. The molecular formula is C29H42N6O10S. The first-order valence-electron chi connectivity index (χ1n) is 14.7. The highest BCUT2D eigenvalue weighted by molar-refractivity contribution is 7.78. The van der Waals surface area contributed by atoms with Crippen molar-refractivity contribution in [1.29, 1.82) is 0 Å². The molecule has 1 saturated heterocycles. The number of benzene rings is 1. The first-order chi connectivity index (χ1) is 21.8. The van der Waals surface area contributed by atoms with Gasteiger partial charge in [-0.15, -0.1) is 0 Å². The zero-order chi connectivity index (χ0) is 34.1. The fraction of sp³-hybridized carbons (Fsp3) is 0.586. The molecule has 1 heterocycles. The van der Waals surface area contributed by atoms with E-state index in [1.165, 1.54) is 0 Å². The second kappa shape index (κ2) is 20.3. The number of hydrogen-bond acceptors (Lipinski definition) is 12. The molecule has 16 nitrogen and oxygen atoms in total. The number of aliphatic imine (C=N–C) groups is 1. The Morgan fingerprint density at radius 1 is 0.630 bits per heavy atom. The van der Waals surface area contributed by atoms with Gasteiger partial charge in [-0.2, -0.15) is 4.99 Å². The normalized spacial score (nSPS) is 18.9. The minimum absolute atomic E-state index is 0.150. The summed E-state index contributed by atoms with van der Waals surface area (Å²) in [6.07, 6.45) is 0.945. The first kappa shape index (κ1) is 38.4. The number of carboxylic acid groups (broad SMARTS) is 5. The van der Waals surface area contributed by atoms with Crippen molar-refractivity contribution in [2.24, 2.45) is 4.99 Å². The Labute approximate surface area is 272 Å². The summed E-state index contributed by atoms with van der Waals surface area (Å²) in [6.45, 7) is -0.333. The van der Waals surface area contributed by atoms with E-state index < -0.39 is 35.9 Å². The molecule has 0 saturated carbocycles. The third-order valence-electron chi connectivity index (χ3n) is 7.54. The molecule has 254 valence electrons. The van der Waals surface area contributed by atoms with Gasteiger partial charge in [-0.1, -0.05) is 12.1 Å². The van der Waals surface area contributed by atoms with Gasteiger partial charge in [0, 0.05) is 64.9 Å². The van der Waals surface area contributed by atoms with Gasteiger partial charge in [0.05, 0.1) is 43.6 Å². The number of thiocarbonyl (C=S) groups is 1. The van der Waals surface area contributed by atoms with E-state index in [1.807, 2.05) is 12.1 Å². The Hall–Kier alpha value is -3.83. The lowest BCUT2D eigenvalue weighted by Crippen LogP contribution is -2.51. The average Bonchev–Trinajstić information content (AvgIpc) is 2.96. The standard InChI is InChI=1S/C29H42N6O10S/c36-25(37)16-31-7-8-32(17-26(38)39)11-12-34(19-28(42)43)15-24(6-3-22-1-4-23(5-2-22)30-21-46)35(20-29(44)45)14-13-33(10-9-31)18-27(40)41/h1-2,4-5,24H,3,6-20H2,(H,36,37)(H,38,39)(H,40,41)(H,42,43)(H,44,45). The Balaban J connectivity index is 2.47. The topological polar surface area (TPSA) is 215 Å². The number of carbonyl (C=O) groups is 5. The summed E-state index contributed by atoms with van der Waals surface area (Å²) < 4.78 is 0. The van der Waals surface area contributed by atoms with Crippen LogP contribution in [0.4, 0.5) is 5.69 Å². The van der Waals surface area contributed by atoms with Gasteiger partial charge in [0.25, 0.3) is 0 Å². The van der Waals surface area contributed by atoms with Crippen molar-refractivity contribution in [3.63, 3.8) is 0 Å². The number of aliphatic carboxylic acids is 5. The lowest BCUT2D eigenvalue weighted by atomic mass is 10.0. The number of carboxylic acids is 5. The third-order valence-corrected chi connectivity index (χ3v) is 7.63. The van der Waals surface area contributed by atoms with Gasteiger partial charge in [0.2, 0.25) is 0 Å². The van der Waals surface area contributed by atoms with E-state index in [0.717, 1.165) is 5.56 Å². The Morgan fingerprint density at radius 2 is 1.02 bits per heavy atom. The molecule has 1 aliphatic rings. The van der Waals surface area contributed by atoms with Gasteiger partial charge in [-0.3, -0.25) is 48.5 Å². The maximum absolute atomic E-state index is 12.0.